The topological polar surface area (TPSA) is 49.6 Å². The molecule has 1 amide bonds. The lowest BCUT2D eigenvalue weighted by molar-refractivity contribution is -0.133. The lowest BCUT2D eigenvalue weighted by atomic mass is 10.2. The first-order valence-corrected chi connectivity index (χ1v) is 10.7. The van der Waals surface area contributed by atoms with Gasteiger partial charge in [-0.25, -0.2) is 4.98 Å². The van der Waals surface area contributed by atoms with Gasteiger partial charge in [-0.2, -0.15) is 0 Å². The third kappa shape index (κ3) is 5.34. The van der Waals surface area contributed by atoms with Crippen molar-refractivity contribution >= 4 is 21.8 Å². The van der Waals surface area contributed by atoms with Gasteiger partial charge in [0.1, 0.15) is 0 Å². The highest BCUT2D eigenvalue weighted by molar-refractivity contribution is 9.10. The fraction of sp³-hybridized carbons (Fsp3) is 0.304. The molecule has 0 aliphatic carbocycles. The molecule has 0 atom stereocenters. The number of oxazole rings is 1. The molecule has 2 aromatic carbocycles. The number of aryl methyl sites for hydroxylation is 1. The summed E-state index contributed by atoms with van der Waals surface area (Å²) in [5.41, 5.74) is 2.30. The van der Waals surface area contributed by atoms with Crippen molar-refractivity contribution in [3.8, 4) is 11.3 Å². The highest BCUT2D eigenvalue weighted by Gasteiger charge is 2.21. The number of rotatable bonds is 6. The zero-order chi connectivity index (χ0) is 20.1. The van der Waals surface area contributed by atoms with Crippen molar-refractivity contribution < 1.29 is 9.21 Å². The molecule has 0 N–H and O–H groups in total. The van der Waals surface area contributed by atoms with E-state index in [9.17, 15) is 4.79 Å². The van der Waals surface area contributed by atoms with E-state index in [4.69, 9.17) is 4.42 Å². The van der Waals surface area contributed by atoms with Crippen molar-refractivity contribution in [2.45, 2.75) is 19.4 Å². The minimum atomic E-state index is 0.174. The lowest BCUT2D eigenvalue weighted by Gasteiger charge is -2.34. The molecule has 4 rings (SSSR count). The highest BCUT2D eigenvalue weighted by atomic mass is 79.9. The molecule has 1 aliphatic rings. The Hall–Kier alpha value is -2.44. The first-order valence-electron chi connectivity index (χ1n) is 9.92. The van der Waals surface area contributed by atoms with Crippen LogP contribution in [0.4, 0.5) is 0 Å². The zero-order valence-corrected chi connectivity index (χ0v) is 17.8. The fourth-order valence-electron chi connectivity index (χ4n) is 3.54. The maximum atomic E-state index is 12.6. The van der Waals surface area contributed by atoms with Gasteiger partial charge in [0.05, 0.1) is 6.20 Å². The third-order valence-electron chi connectivity index (χ3n) is 5.21. The Morgan fingerprint density at radius 1 is 1.00 bits per heavy atom. The minimum Gasteiger partial charge on any atom is -0.441 e. The molecule has 1 aromatic heterocycles. The number of nitrogens with zero attached hydrogens (tertiary/aromatic N) is 3. The number of aromatic nitrogens is 1. The van der Waals surface area contributed by atoms with E-state index < -0.39 is 0 Å². The van der Waals surface area contributed by atoms with Crippen molar-refractivity contribution in [1.82, 2.24) is 14.8 Å². The van der Waals surface area contributed by atoms with Crippen LogP contribution in [0.1, 0.15) is 17.9 Å². The number of halogens is 1. The van der Waals surface area contributed by atoms with Crippen molar-refractivity contribution in [2.24, 2.45) is 0 Å². The Labute approximate surface area is 179 Å². The average Bonchev–Trinajstić information content (AvgIpc) is 3.23. The molecule has 1 saturated heterocycles. The maximum Gasteiger partial charge on any atom is 0.223 e. The molecule has 1 fully saturated rings. The smallest absolute Gasteiger partial charge is 0.223 e. The number of benzene rings is 2. The fourth-order valence-corrected chi connectivity index (χ4v) is 3.81. The molecule has 0 bridgehead atoms. The van der Waals surface area contributed by atoms with E-state index in [-0.39, 0.29) is 5.91 Å². The predicted octanol–water partition coefficient (Wildman–Crippen LogP) is 4.38. The van der Waals surface area contributed by atoms with Gasteiger partial charge in [-0.05, 0) is 17.7 Å². The summed E-state index contributed by atoms with van der Waals surface area (Å²) in [6.45, 7) is 4.32. The molecule has 150 valence electrons. The summed E-state index contributed by atoms with van der Waals surface area (Å²) in [4.78, 5) is 21.3. The molecule has 0 saturated carbocycles. The van der Waals surface area contributed by atoms with Gasteiger partial charge < -0.3 is 9.32 Å². The Bertz CT molecular complexity index is 932. The third-order valence-corrected chi connectivity index (χ3v) is 5.74. The quantitative estimate of drug-likeness (QED) is 0.555. The second-order valence-electron chi connectivity index (χ2n) is 7.27. The zero-order valence-electron chi connectivity index (χ0n) is 16.3. The van der Waals surface area contributed by atoms with Crippen LogP contribution in [0.25, 0.3) is 11.3 Å². The number of carbonyl (C=O) groups excluding carboxylic acids is 1. The molecule has 0 unspecified atom stereocenters. The van der Waals surface area contributed by atoms with Crippen LogP contribution in [0.2, 0.25) is 0 Å². The standard InChI is InChI=1S/C23H24BrN3O2/c24-20-8-6-19(7-9-20)21-16-25-22(29-21)10-11-23(28)27-14-12-26(13-15-27)17-18-4-2-1-3-5-18/h1-9,16H,10-15,17H2. The molecular formula is C23H24BrN3O2. The Morgan fingerprint density at radius 3 is 2.45 bits per heavy atom. The minimum absolute atomic E-state index is 0.174. The number of hydrogen-bond acceptors (Lipinski definition) is 4. The van der Waals surface area contributed by atoms with Crippen molar-refractivity contribution in [3.63, 3.8) is 0 Å². The molecule has 6 heteroatoms. The largest absolute Gasteiger partial charge is 0.441 e. The van der Waals surface area contributed by atoms with E-state index in [0.29, 0.717) is 18.7 Å². The number of carbonyl (C=O) groups is 1. The Balaban J connectivity index is 1.24. The number of amides is 1. The summed E-state index contributed by atoms with van der Waals surface area (Å²) in [6, 6.07) is 18.4. The normalized spacial score (nSPS) is 14.9. The van der Waals surface area contributed by atoms with Gasteiger partial charge in [-0.15, -0.1) is 0 Å². The summed E-state index contributed by atoms with van der Waals surface area (Å²) in [5, 5.41) is 0. The van der Waals surface area contributed by atoms with E-state index in [1.165, 1.54) is 5.56 Å². The SMILES string of the molecule is O=C(CCc1ncc(-c2ccc(Br)cc2)o1)N1CCN(Cc2ccccc2)CC1. The van der Waals surface area contributed by atoms with Gasteiger partial charge in [-0.3, -0.25) is 9.69 Å². The van der Waals surface area contributed by atoms with Crippen LogP contribution in [0.5, 0.6) is 0 Å². The first kappa shape index (κ1) is 19.9. The van der Waals surface area contributed by atoms with E-state index in [1.54, 1.807) is 6.20 Å². The van der Waals surface area contributed by atoms with Crippen molar-refractivity contribution in [2.75, 3.05) is 26.2 Å². The highest BCUT2D eigenvalue weighted by Crippen LogP contribution is 2.23. The Morgan fingerprint density at radius 2 is 1.72 bits per heavy atom. The molecule has 3 aromatic rings. The summed E-state index contributed by atoms with van der Waals surface area (Å²) in [6.07, 6.45) is 2.68. The summed E-state index contributed by atoms with van der Waals surface area (Å²) in [7, 11) is 0. The van der Waals surface area contributed by atoms with Gasteiger partial charge in [-0.1, -0.05) is 58.4 Å². The number of piperazine rings is 1. The van der Waals surface area contributed by atoms with E-state index in [1.807, 2.05) is 35.2 Å². The molecule has 0 spiro atoms. The van der Waals surface area contributed by atoms with Crippen LogP contribution in [0.3, 0.4) is 0 Å². The molecular weight excluding hydrogens is 430 g/mol. The van der Waals surface area contributed by atoms with Crippen molar-refractivity contribution in [3.05, 3.63) is 76.7 Å². The second kappa shape index (κ2) is 9.37. The second-order valence-corrected chi connectivity index (χ2v) is 8.18. The van der Waals surface area contributed by atoms with E-state index in [2.05, 4.69) is 50.1 Å². The van der Waals surface area contributed by atoms with Crippen LogP contribution < -0.4 is 0 Å². The lowest BCUT2D eigenvalue weighted by Crippen LogP contribution is -2.48. The molecule has 1 aliphatic heterocycles. The predicted molar refractivity (Wildman–Crippen MR) is 116 cm³/mol. The Kier molecular flexibility index (Phi) is 6.42. The first-order chi connectivity index (χ1) is 14.2. The van der Waals surface area contributed by atoms with E-state index in [0.717, 1.165) is 48.5 Å². The molecule has 29 heavy (non-hydrogen) atoms. The molecule has 0 radical (unpaired) electrons. The summed E-state index contributed by atoms with van der Waals surface area (Å²) < 4.78 is 6.85. The van der Waals surface area contributed by atoms with Crippen LogP contribution in [0, 0.1) is 0 Å². The summed E-state index contributed by atoms with van der Waals surface area (Å²) in [5.74, 6) is 1.52. The van der Waals surface area contributed by atoms with E-state index >= 15 is 0 Å². The molecule has 2 heterocycles. The monoisotopic (exact) mass is 453 g/mol. The number of hydrogen-bond donors (Lipinski definition) is 0. The van der Waals surface area contributed by atoms with Gasteiger partial charge in [0.25, 0.3) is 0 Å². The van der Waals surface area contributed by atoms with Gasteiger partial charge in [0, 0.05) is 55.6 Å². The molecule has 5 nitrogen and oxygen atoms in total. The van der Waals surface area contributed by atoms with Crippen LogP contribution in [0.15, 0.2) is 69.7 Å². The van der Waals surface area contributed by atoms with Crippen LogP contribution in [-0.2, 0) is 17.8 Å². The van der Waals surface area contributed by atoms with Crippen LogP contribution in [-0.4, -0.2) is 46.9 Å². The average molecular weight is 454 g/mol. The summed E-state index contributed by atoms with van der Waals surface area (Å²) >= 11 is 3.43. The maximum absolute atomic E-state index is 12.6. The van der Waals surface area contributed by atoms with Crippen molar-refractivity contribution in [1.29, 1.82) is 0 Å². The van der Waals surface area contributed by atoms with Gasteiger partial charge in [0.2, 0.25) is 5.91 Å². The van der Waals surface area contributed by atoms with Crippen LogP contribution >= 0.6 is 15.9 Å². The van der Waals surface area contributed by atoms with Gasteiger partial charge >= 0.3 is 0 Å². The van der Waals surface area contributed by atoms with Gasteiger partial charge in [0.15, 0.2) is 11.7 Å².